The highest BCUT2D eigenvalue weighted by atomic mass is 16.5. The summed E-state index contributed by atoms with van der Waals surface area (Å²) in [6, 6.07) is -0.154. The Bertz CT molecular complexity index is 329. The number of rotatable bonds is 4. The van der Waals surface area contributed by atoms with E-state index in [1.165, 1.54) is 20.0 Å². The molecule has 6 heteroatoms. The molecule has 2 rings (SSSR count). The molecule has 2 fully saturated rings. The van der Waals surface area contributed by atoms with Crippen molar-refractivity contribution in [2.45, 2.75) is 37.8 Å². The molecule has 0 radical (unpaired) electrons. The van der Waals surface area contributed by atoms with Gasteiger partial charge in [-0.05, 0) is 12.8 Å². The molecule has 6 nitrogen and oxygen atoms in total. The monoisotopic (exact) mass is 270 g/mol. The van der Waals surface area contributed by atoms with Gasteiger partial charge in [0.2, 0.25) is 5.91 Å². The number of nitrogens with zero attached hydrogens (tertiary/aromatic N) is 1. The van der Waals surface area contributed by atoms with Crippen LogP contribution >= 0.6 is 0 Å². The van der Waals surface area contributed by atoms with Gasteiger partial charge in [0.15, 0.2) is 0 Å². The average molecular weight is 270 g/mol. The molecule has 1 heterocycles. The maximum Gasteiger partial charge on any atom is 0.325 e. The minimum Gasteiger partial charge on any atom is -0.468 e. The van der Waals surface area contributed by atoms with Gasteiger partial charge in [-0.2, -0.15) is 0 Å². The molecule has 108 valence electrons. The normalized spacial score (nSPS) is 25.2. The van der Waals surface area contributed by atoms with Gasteiger partial charge in [-0.1, -0.05) is 12.8 Å². The third kappa shape index (κ3) is 3.91. The molecule has 1 saturated heterocycles. The van der Waals surface area contributed by atoms with Crippen LogP contribution in [0.2, 0.25) is 0 Å². The predicted octanol–water partition coefficient (Wildman–Crippen LogP) is -0.0810. The molecule has 1 unspecified atom stereocenters. The van der Waals surface area contributed by atoms with Gasteiger partial charge in [0.05, 0.1) is 26.9 Å². The Morgan fingerprint density at radius 1 is 1.37 bits per heavy atom. The van der Waals surface area contributed by atoms with E-state index in [1.807, 2.05) is 4.90 Å². The molecule has 1 N–H and O–H groups in total. The van der Waals surface area contributed by atoms with E-state index in [-0.39, 0.29) is 18.4 Å². The number of carbonyl (C=O) groups is 2. The molecular formula is C13H22N2O4. The van der Waals surface area contributed by atoms with Crippen molar-refractivity contribution in [3.05, 3.63) is 0 Å². The van der Waals surface area contributed by atoms with E-state index in [0.717, 1.165) is 12.8 Å². The van der Waals surface area contributed by atoms with Crippen LogP contribution in [0.3, 0.4) is 0 Å². The van der Waals surface area contributed by atoms with E-state index in [4.69, 9.17) is 9.47 Å². The summed E-state index contributed by atoms with van der Waals surface area (Å²) in [5, 5.41) is 3.03. The highest BCUT2D eigenvalue weighted by Crippen LogP contribution is 2.17. The van der Waals surface area contributed by atoms with Crippen molar-refractivity contribution in [3.63, 3.8) is 0 Å². The number of hydrogen-bond donors (Lipinski definition) is 1. The number of morpholine rings is 1. The minimum atomic E-state index is -0.465. The van der Waals surface area contributed by atoms with Crippen LogP contribution in [0.15, 0.2) is 0 Å². The summed E-state index contributed by atoms with van der Waals surface area (Å²) in [6.45, 7) is 1.66. The van der Waals surface area contributed by atoms with Crippen LogP contribution < -0.4 is 5.32 Å². The third-order valence-electron chi connectivity index (χ3n) is 3.78. The summed E-state index contributed by atoms with van der Waals surface area (Å²) >= 11 is 0. The van der Waals surface area contributed by atoms with Crippen LogP contribution in [-0.2, 0) is 19.1 Å². The molecule has 0 aromatic carbocycles. The Labute approximate surface area is 113 Å². The van der Waals surface area contributed by atoms with Gasteiger partial charge in [0, 0.05) is 12.6 Å². The molecule has 1 amide bonds. The molecule has 1 aliphatic heterocycles. The summed E-state index contributed by atoms with van der Waals surface area (Å²) in [5.74, 6) is -0.351. The molecule has 1 atom stereocenters. The van der Waals surface area contributed by atoms with Crippen molar-refractivity contribution in [1.82, 2.24) is 10.2 Å². The van der Waals surface area contributed by atoms with Crippen LogP contribution in [0.5, 0.6) is 0 Å². The highest BCUT2D eigenvalue weighted by molar-refractivity contribution is 5.80. The molecule has 19 heavy (non-hydrogen) atoms. The fraction of sp³-hybridized carbons (Fsp3) is 0.846. The summed E-state index contributed by atoms with van der Waals surface area (Å²) < 4.78 is 10.0. The van der Waals surface area contributed by atoms with E-state index < -0.39 is 6.04 Å². The smallest absolute Gasteiger partial charge is 0.325 e. The van der Waals surface area contributed by atoms with Crippen LogP contribution in [0.4, 0.5) is 0 Å². The molecular weight excluding hydrogens is 248 g/mol. The highest BCUT2D eigenvalue weighted by Gasteiger charge is 2.31. The van der Waals surface area contributed by atoms with Crippen molar-refractivity contribution in [1.29, 1.82) is 0 Å². The molecule has 0 aromatic rings. The van der Waals surface area contributed by atoms with Gasteiger partial charge in [-0.25, -0.2) is 0 Å². The van der Waals surface area contributed by atoms with Crippen molar-refractivity contribution < 1.29 is 19.1 Å². The quantitative estimate of drug-likeness (QED) is 0.724. The zero-order valence-electron chi connectivity index (χ0n) is 11.4. The van der Waals surface area contributed by atoms with Crippen LogP contribution in [0.1, 0.15) is 25.7 Å². The Balaban J connectivity index is 1.84. The topological polar surface area (TPSA) is 67.9 Å². The van der Waals surface area contributed by atoms with E-state index in [1.54, 1.807) is 0 Å². The Hall–Kier alpha value is -1.14. The predicted molar refractivity (Wildman–Crippen MR) is 68.6 cm³/mol. The second kappa shape index (κ2) is 6.86. The second-order valence-electron chi connectivity index (χ2n) is 5.13. The first-order valence-corrected chi connectivity index (χ1v) is 6.89. The first-order valence-electron chi connectivity index (χ1n) is 6.89. The van der Waals surface area contributed by atoms with Gasteiger partial charge in [-0.3, -0.25) is 14.5 Å². The lowest BCUT2D eigenvalue weighted by molar-refractivity contribution is -0.154. The maximum atomic E-state index is 12.0. The minimum absolute atomic E-state index is 0.0114. The van der Waals surface area contributed by atoms with Gasteiger partial charge in [-0.15, -0.1) is 0 Å². The summed E-state index contributed by atoms with van der Waals surface area (Å²) in [6.07, 6.45) is 4.51. The van der Waals surface area contributed by atoms with E-state index in [9.17, 15) is 9.59 Å². The van der Waals surface area contributed by atoms with E-state index in [2.05, 4.69) is 5.32 Å². The van der Waals surface area contributed by atoms with Crippen molar-refractivity contribution in [3.8, 4) is 0 Å². The second-order valence-corrected chi connectivity index (χ2v) is 5.13. The standard InChI is InChI=1S/C13H22N2O4/c1-18-13(17)11-9-19-7-6-15(11)8-12(16)14-10-4-2-3-5-10/h10-11H,2-9H2,1H3,(H,14,16). The lowest BCUT2D eigenvalue weighted by atomic mass is 10.2. The fourth-order valence-electron chi connectivity index (χ4n) is 2.71. The number of amides is 1. The molecule has 0 bridgehead atoms. The van der Waals surface area contributed by atoms with Crippen molar-refractivity contribution >= 4 is 11.9 Å². The lowest BCUT2D eigenvalue weighted by Crippen LogP contribution is -2.54. The lowest BCUT2D eigenvalue weighted by Gasteiger charge is -2.33. The Kier molecular flexibility index (Phi) is 5.15. The van der Waals surface area contributed by atoms with E-state index in [0.29, 0.717) is 25.8 Å². The number of hydrogen-bond acceptors (Lipinski definition) is 5. The summed E-state index contributed by atoms with van der Waals surface area (Å²) in [7, 11) is 1.35. The first kappa shape index (κ1) is 14.3. The van der Waals surface area contributed by atoms with Crippen molar-refractivity contribution in [2.75, 3.05) is 33.4 Å². The first-order chi connectivity index (χ1) is 9.20. The third-order valence-corrected chi connectivity index (χ3v) is 3.78. The maximum absolute atomic E-state index is 12.0. The number of methoxy groups -OCH3 is 1. The zero-order valence-corrected chi connectivity index (χ0v) is 11.4. The summed E-state index contributed by atoms with van der Waals surface area (Å²) in [4.78, 5) is 25.4. The average Bonchev–Trinajstić information content (AvgIpc) is 2.91. The largest absolute Gasteiger partial charge is 0.468 e. The van der Waals surface area contributed by atoms with Crippen LogP contribution in [0.25, 0.3) is 0 Å². The van der Waals surface area contributed by atoms with E-state index >= 15 is 0 Å². The Morgan fingerprint density at radius 3 is 2.79 bits per heavy atom. The number of ether oxygens (including phenoxy) is 2. The fourth-order valence-corrected chi connectivity index (χ4v) is 2.71. The molecule has 1 aliphatic carbocycles. The van der Waals surface area contributed by atoms with Gasteiger partial charge in [0.1, 0.15) is 6.04 Å². The number of carbonyl (C=O) groups excluding carboxylic acids is 2. The van der Waals surface area contributed by atoms with Crippen LogP contribution in [-0.4, -0.2) is 62.3 Å². The van der Waals surface area contributed by atoms with Crippen molar-refractivity contribution in [2.24, 2.45) is 0 Å². The SMILES string of the molecule is COC(=O)C1COCCN1CC(=O)NC1CCCC1. The number of nitrogens with one attached hydrogen (secondary N) is 1. The van der Waals surface area contributed by atoms with Gasteiger partial charge < -0.3 is 14.8 Å². The Morgan fingerprint density at radius 2 is 2.11 bits per heavy atom. The summed E-state index contributed by atoms with van der Waals surface area (Å²) in [5.41, 5.74) is 0. The van der Waals surface area contributed by atoms with Gasteiger partial charge >= 0.3 is 5.97 Å². The molecule has 0 spiro atoms. The molecule has 0 aromatic heterocycles. The molecule has 2 aliphatic rings. The van der Waals surface area contributed by atoms with Crippen LogP contribution in [0, 0.1) is 0 Å². The zero-order chi connectivity index (χ0) is 13.7. The molecule has 1 saturated carbocycles. The van der Waals surface area contributed by atoms with Gasteiger partial charge in [0.25, 0.3) is 0 Å². The number of esters is 1.